The summed E-state index contributed by atoms with van der Waals surface area (Å²) in [5, 5.41) is 11.3. The standard InChI is InChI=1S/C18H16FN3O7/c1-10(29-12-4-2-11(19)3-5-12)17(23)20-21-18(24)13-8-15-16(28-7-6-27-15)9-14(13)22(25)26/h2-5,8-10H,6-7H2,1H3,(H,20,23)(H,21,24). The Balaban J connectivity index is 1.66. The maximum atomic E-state index is 12.9. The summed E-state index contributed by atoms with van der Waals surface area (Å²) >= 11 is 0. The largest absolute Gasteiger partial charge is 0.486 e. The molecule has 2 N–H and O–H groups in total. The van der Waals surface area contributed by atoms with E-state index in [0.717, 1.165) is 6.07 Å². The van der Waals surface area contributed by atoms with Gasteiger partial charge in [0.15, 0.2) is 17.6 Å². The molecule has 2 aromatic carbocycles. The normalized spacial score (nSPS) is 13.2. The SMILES string of the molecule is CC(Oc1ccc(F)cc1)C(=O)NNC(=O)c1cc2c(cc1[N+](=O)[O-])OCCO2. The Labute approximate surface area is 163 Å². The van der Waals surface area contributed by atoms with E-state index in [2.05, 4.69) is 10.9 Å². The van der Waals surface area contributed by atoms with Gasteiger partial charge in [0.2, 0.25) is 0 Å². The first-order valence-corrected chi connectivity index (χ1v) is 8.45. The van der Waals surface area contributed by atoms with E-state index in [-0.39, 0.29) is 36.0 Å². The van der Waals surface area contributed by atoms with Gasteiger partial charge in [0, 0.05) is 6.07 Å². The van der Waals surface area contributed by atoms with E-state index in [9.17, 15) is 24.1 Å². The quantitative estimate of drug-likeness (QED) is 0.572. The average Bonchev–Trinajstić information content (AvgIpc) is 2.72. The topological polar surface area (TPSA) is 129 Å². The van der Waals surface area contributed by atoms with E-state index in [1.165, 1.54) is 37.3 Å². The van der Waals surface area contributed by atoms with E-state index >= 15 is 0 Å². The minimum absolute atomic E-state index is 0.157. The van der Waals surface area contributed by atoms with Crippen molar-refractivity contribution in [3.8, 4) is 17.2 Å². The second kappa shape index (κ2) is 8.42. The Morgan fingerprint density at radius 2 is 1.76 bits per heavy atom. The first-order chi connectivity index (χ1) is 13.8. The van der Waals surface area contributed by atoms with Gasteiger partial charge in [-0.15, -0.1) is 0 Å². The summed E-state index contributed by atoms with van der Waals surface area (Å²) in [5.41, 5.74) is 3.41. The van der Waals surface area contributed by atoms with E-state index in [1.54, 1.807) is 0 Å². The van der Waals surface area contributed by atoms with Crippen molar-refractivity contribution in [3.05, 3.63) is 57.9 Å². The Morgan fingerprint density at radius 3 is 2.38 bits per heavy atom. The second-order valence-corrected chi connectivity index (χ2v) is 5.93. The lowest BCUT2D eigenvalue weighted by molar-refractivity contribution is -0.385. The highest BCUT2D eigenvalue weighted by atomic mass is 19.1. The minimum Gasteiger partial charge on any atom is -0.486 e. The maximum Gasteiger partial charge on any atom is 0.286 e. The molecule has 1 atom stereocenters. The second-order valence-electron chi connectivity index (χ2n) is 5.93. The number of hydrazine groups is 1. The van der Waals surface area contributed by atoms with Crippen molar-refractivity contribution in [2.75, 3.05) is 13.2 Å². The number of hydrogen-bond acceptors (Lipinski definition) is 7. The minimum atomic E-state index is -1.03. The molecule has 29 heavy (non-hydrogen) atoms. The van der Waals surface area contributed by atoms with E-state index in [1.807, 2.05) is 0 Å². The summed E-state index contributed by atoms with van der Waals surface area (Å²) < 4.78 is 28.8. The van der Waals surface area contributed by atoms with Gasteiger partial charge in [-0.05, 0) is 31.2 Å². The number of nitrogens with one attached hydrogen (secondary N) is 2. The van der Waals surface area contributed by atoms with Crippen molar-refractivity contribution >= 4 is 17.5 Å². The fraction of sp³-hybridized carbons (Fsp3) is 0.222. The van der Waals surface area contributed by atoms with Crippen LogP contribution in [0.15, 0.2) is 36.4 Å². The molecule has 3 rings (SSSR count). The zero-order valence-corrected chi connectivity index (χ0v) is 15.1. The number of fused-ring (bicyclic) bond motifs is 1. The van der Waals surface area contributed by atoms with Crippen LogP contribution in [0.3, 0.4) is 0 Å². The summed E-state index contributed by atoms with van der Waals surface area (Å²) in [7, 11) is 0. The molecular weight excluding hydrogens is 389 g/mol. The third-order valence-electron chi connectivity index (χ3n) is 3.90. The Bertz CT molecular complexity index is 949. The first kappa shape index (κ1) is 19.9. The van der Waals surface area contributed by atoms with Gasteiger partial charge in [0.1, 0.15) is 30.3 Å². The van der Waals surface area contributed by atoms with Crippen molar-refractivity contribution in [1.29, 1.82) is 0 Å². The molecule has 1 aliphatic rings. The van der Waals surface area contributed by atoms with Crippen molar-refractivity contribution in [2.24, 2.45) is 0 Å². The van der Waals surface area contributed by atoms with E-state index < -0.39 is 34.3 Å². The lowest BCUT2D eigenvalue weighted by Gasteiger charge is -2.19. The molecule has 10 nitrogen and oxygen atoms in total. The molecule has 11 heteroatoms. The van der Waals surface area contributed by atoms with Crippen molar-refractivity contribution in [1.82, 2.24) is 10.9 Å². The number of nitrogens with zero attached hydrogens (tertiary/aromatic N) is 1. The van der Waals surface area contributed by atoms with Crippen LogP contribution in [0.2, 0.25) is 0 Å². The molecular formula is C18H16FN3O7. The van der Waals surface area contributed by atoms with Gasteiger partial charge in [-0.3, -0.25) is 30.6 Å². The highest BCUT2D eigenvalue weighted by Crippen LogP contribution is 2.36. The number of carbonyl (C=O) groups is 2. The van der Waals surface area contributed by atoms with Crippen LogP contribution < -0.4 is 25.1 Å². The van der Waals surface area contributed by atoms with Crippen LogP contribution in [-0.2, 0) is 4.79 Å². The first-order valence-electron chi connectivity index (χ1n) is 8.45. The fourth-order valence-electron chi connectivity index (χ4n) is 2.47. The lowest BCUT2D eigenvalue weighted by atomic mass is 10.1. The van der Waals surface area contributed by atoms with Gasteiger partial charge in [-0.1, -0.05) is 0 Å². The summed E-state index contributed by atoms with van der Waals surface area (Å²) in [6.45, 7) is 1.88. The smallest absolute Gasteiger partial charge is 0.286 e. The molecule has 0 saturated heterocycles. The van der Waals surface area contributed by atoms with Crippen LogP contribution in [0.4, 0.5) is 10.1 Å². The number of nitro groups is 1. The molecule has 0 radical (unpaired) electrons. The summed E-state index contributed by atoms with van der Waals surface area (Å²) in [5.74, 6) is -1.50. The number of rotatable bonds is 5. The number of carbonyl (C=O) groups excluding carboxylic acids is 2. The van der Waals surface area contributed by atoms with Crippen molar-refractivity contribution < 1.29 is 33.1 Å². The zero-order valence-electron chi connectivity index (χ0n) is 15.1. The highest BCUT2D eigenvalue weighted by Gasteiger charge is 2.27. The Morgan fingerprint density at radius 1 is 1.14 bits per heavy atom. The number of ether oxygens (including phenoxy) is 3. The molecule has 152 valence electrons. The number of nitro benzene ring substituents is 1. The molecule has 0 aromatic heterocycles. The molecule has 1 aliphatic heterocycles. The average molecular weight is 405 g/mol. The number of benzene rings is 2. The van der Waals surface area contributed by atoms with Gasteiger partial charge >= 0.3 is 0 Å². The third-order valence-corrected chi connectivity index (χ3v) is 3.90. The van der Waals surface area contributed by atoms with Gasteiger partial charge < -0.3 is 14.2 Å². The van der Waals surface area contributed by atoms with Gasteiger partial charge in [-0.25, -0.2) is 4.39 Å². The maximum absolute atomic E-state index is 12.9. The van der Waals surface area contributed by atoms with Gasteiger partial charge in [0.25, 0.3) is 17.5 Å². The molecule has 0 aliphatic carbocycles. The molecule has 2 aromatic rings. The number of amides is 2. The van der Waals surface area contributed by atoms with Crippen molar-refractivity contribution in [3.63, 3.8) is 0 Å². The van der Waals surface area contributed by atoms with Crippen LogP contribution in [-0.4, -0.2) is 36.1 Å². The monoisotopic (exact) mass is 405 g/mol. The molecule has 0 fully saturated rings. The molecule has 0 spiro atoms. The van der Waals surface area contributed by atoms with E-state index in [4.69, 9.17) is 14.2 Å². The summed E-state index contributed by atoms with van der Waals surface area (Å²) in [6.07, 6.45) is -1.03. The van der Waals surface area contributed by atoms with E-state index in [0.29, 0.717) is 0 Å². The fourth-order valence-corrected chi connectivity index (χ4v) is 2.47. The van der Waals surface area contributed by atoms with Gasteiger partial charge in [0.05, 0.1) is 11.0 Å². The van der Waals surface area contributed by atoms with Crippen LogP contribution in [0, 0.1) is 15.9 Å². The predicted octanol–water partition coefficient (Wildman–Crippen LogP) is 1.73. The molecule has 0 bridgehead atoms. The predicted molar refractivity (Wildman–Crippen MR) is 96.2 cm³/mol. The van der Waals surface area contributed by atoms with Crippen LogP contribution >= 0.6 is 0 Å². The Kier molecular flexibility index (Phi) is 5.77. The molecule has 1 heterocycles. The number of hydrogen-bond donors (Lipinski definition) is 2. The van der Waals surface area contributed by atoms with Crippen LogP contribution in [0.5, 0.6) is 17.2 Å². The van der Waals surface area contributed by atoms with Crippen molar-refractivity contribution in [2.45, 2.75) is 13.0 Å². The summed E-state index contributed by atoms with van der Waals surface area (Å²) in [4.78, 5) is 35.0. The van der Waals surface area contributed by atoms with Gasteiger partial charge in [-0.2, -0.15) is 0 Å². The molecule has 1 unspecified atom stereocenters. The zero-order chi connectivity index (χ0) is 21.0. The molecule has 2 amide bonds. The third kappa shape index (κ3) is 4.69. The lowest BCUT2D eigenvalue weighted by Crippen LogP contribution is -2.47. The summed E-state index contributed by atoms with van der Waals surface area (Å²) in [6, 6.07) is 7.29. The van der Waals surface area contributed by atoms with Crippen LogP contribution in [0.1, 0.15) is 17.3 Å². The molecule has 0 saturated carbocycles. The van der Waals surface area contributed by atoms with Crippen LogP contribution in [0.25, 0.3) is 0 Å². The highest BCUT2D eigenvalue weighted by molar-refractivity contribution is 6.00. The number of halogens is 1. The Hall–Kier alpha value is -3.89.